The molecule has 2 aromatic carbocycles. The van der Waals surface area contributed by atoms with E-state index in [-0.39, 0.29) is 24.0 Å². The van der Waals surface area contributed by atoms with E-state index in [4.69, 9.17) is 4.74 Å². The topological polar surface area (TPSA) is 81.4 Å². The van der Waals surface area contributed by atoms with Gasteiger partial charge < -0.3 is 9.84 Å². The van der Waals surface area contributed by atoms with Crippen LogP contribution in [0.2, 0.25) is 0 Å². The van der Waals surface area contributed by atoms with Gasteiger partial charge in [0.05, 0.1) is 36.0 Å². The second-order valence-electron chi connectivity index (χ2n) is 9.92. The van der Waals surface area contributed by atoms with Crippen LogP contribution in [-0.2, 0) is 11.2 Å². The van der Waals surface area contributed by atoms with Gasteiger partial charge in [-0.05, 0) is 67.3 Å². The standard InChI is InChI=1S/C28H32N2O4/c1-17-18(2)27-23(28(33)30(16-29-27)24-11-12-34-15-26(24)32)14-22(17)13-20-5-8-21(9-6-20)25(31)10-7-19-3-4-19/h5-6,8-9,14,16,19,24,26,32H,3-4,7,10-13,15H2,1-2H3/t24-,26-/m0/s1. The molecule has 5 rings (SSSR count). The number of Topliss-reactive ketones (excluding diaryl/α,β-unsaturated/α-hetero) is 1. The van der Waals surface area contributed by atoms with E-state index in [0.717, 1.165) is 40.2 Å². The zero-order valence-corrected chi connectivity index (χ0v) is 19.9. The first-order chi connectivity index (χ1) is 16.4. The van der Waals surface area contributed by atoms with Gasteiger partial charge in [-0.1, -0.05) is 37.1 Å². The summed E-state index contributed by atoms with van der Waals surface area (Å²) in [6, 6.07) is 9.51. The van der Waals surface area contributed by atoms with Crippen LogP contribution < -0.4 is 5.56 Å². The highest BCUT2D eigenvalue weighted by atomic mass is 16.5. The van der Waals surface area contributed by atoms with Crippen molar-refractivity contribution in [3.63, 3.8) is 0 Å². The maximum Gasteiger partial charge on any atom is 0.261 e. The molecule has 1 aliphatic carbocycles. The molecule has 0 bridgehead atoms. The van der Waals surface area contributed by atoms with Crippen LogP contribution in [0.15, 0.2) is 41.5 Å². The molecule has 1 aliphatic heterocycles. The minimum atomic E-state index is -0.720. The first-order valence-electron chi connectivity index (χ1n) is 12.3. The van der Waals surface area contributed by atoms with Gasteiger partial charge in [-0.3, -0.25) is 14.2 Å². The number of aliphatic hydroxyl groups excluding tert-OH is 1. The number of hydrogen-bond acceptors (Lipinski definition) is 5. The maximum atomic E-state index is 13.4. The zero-order valence-electron chi connectivity index (χ0n) is 19.9. The van der Waals surface area contributed by atoms with Crippen molar-refractivity contribution < 1.29 is 14.6 Å². The summed E-state index contributed by atoms with van der Waals surface area (Å²) in [7, 11) is 0. The number of aromatic nitrogens is 2. The largest absolute Gasteiger partial charge is 0.389 e. The van der Waals surface area contributed by atoms with Gasteiger partial charge in [0.1, 0.15) is 0 Å². The van der Waals surface area contributed by atoms with Crippen molar-refractivity contribution in [3.05, 3.63) is 74.8 Å². The van der Waals surface area contributed by atoms with Gasteiger partial charge >= 0.3 is 0 Å². The lowest BCUT2D eigenvalue weighted by Crippen LogP contribution is -2.39. The summed E-state index contributed by atoms with van der Waals surface area (Å²) >= 11 is 0. The Morgan fingerprint density at radius 1 is 1.15 bits per heavy atom. The molecule has 178 valence electrons. The number of ether oxygens (including phenoxy) is 1. The molecule has 2 atom stereocenters. The lowest BCUT2D eigenvalue weighted by molar-refractivity contribution is -0.0395. The van der Waals surface area contributed by atoms with Gasteiger partial charge in [-0.25, -0.2) is 4.98 Å². The SMILES string of the molecule is Cc1c(Cc2ccc(C(=O)CCC3CC3)cc2)cc2c(=O)n([C@H]3CCOC[C@@H]3O)cnc2c1C. The summed E-state index contributed by atoms with van der Waals surface area (Å²) in [4.78, 5) is 30.5. The zero-order chi connectivity index (χ0) is 23.8. The number of benzene rings is 2. The van der Waals surface area contributed by atoms with E-state index in [1.54, 1.807) is 10.9 Å². The Labute approximate surface area is 199 Å². The van der Waals surface area contributed by atoms with E-state index in [9.17, 15) is 14.7 Å². The Kier molecular flexibility index (Phi) is 6.36. The molecule has 34 heavy (non-hydrogen) atoms. The first-order valence-corrected chi connectivity index (χ1v) is 12.3. The number of fused-ring (bicyclic) bond motifs is 1. The fourth-order valence-corrected chi connectivity index (χ4v) is 4.98. The Morgan fingerprint density at radius 3 is 2.62 bits per heavy atom. The van der Waals surface area contributed by atoms with E-state index in [0.29, 0.717) is 36.8 Å². The number of aliphatic hydroxyl groups is 1. The lowest BCUT2D eigenvalue weighted by Gasteiger charge is -2.29. The van der Waals surface area contributed by atoms with Gasteiger partial charge in [-0.2, -0.15) is 0 Å². The molecule has 6 heteroatoms. The highest BCUT2D eigenvalue weighted by Gasteiger charge is 2.27. The van der Waals surface area contributed by atoms with Crippen LogP contribution in [0.25, 0.3) is 10.9 Å². The molecule has 2 aliphatic rings. The van der Waals surface area contributed by atoms with Crippen molar-refractivity contribution in [1.29, 1.82) is 0 Å². The monoisotopic (exact) mass is 460 g/mol. The van der Waals surface area contributed by atoms with Crippen LogP contribution >= 0.6 is 0 Å². The van der Waals surface area contributed by atoms with Crippen molar-refractivity contribution in [2.75, 3.05) is 13.2 Å². The summed E-state index contributed by atoms with van der Waals surface area (Å²) in [5.41, 5.74) is 5.64. The number of rotatable bonds is 7. The highest BCUT2D eigenvalue weighted by Crippen LogP contribution is 2.34. The molecule has 3 aromatic rings. The molecule has 1 saturated carbocycles. The summed E-state index contributed by atoms with van der Waals surface area (Å²) in [6.07, 6.45) is 6.28. The number of carbonyl (C=O) groups is 1. The number of ketones is 1. The molecule has 6 nitrogen and oxygen atoms in total. The Balaban J connectivity index is 1.42. The summed E-state index contributed by atoms with van der Waals surface area (Å²) in [5, 5.41) is 10.9. The second-order valence-corrected chi connectivity index (χ2v) is 9.92. The van der Waals surface area contributed by atoms with Crippen LogP contribution in [0.5, 0.6) is 0 Å². The van der Waals surface area contributed by atoms with Gasteiger partial charge in [0.15, 0.2) is 5.78 Å². The molecule has 0 radical (unpaired) electrons. The smallest absolute Gasteiger partial charge is 0.261 e. The van der Waals surface area contributed by atoms with Crippen molar-refractivity contribution >= 4 is 16.7 Å². The first kappa shape index (κ1) is 22.9. The third kappa shape index (κ3) is 4.57. The van der Waals surface area contributed by atoms with Crippen LogP contribution in [0.4, 0.5) is 0 Å². The van der Waals surface area contributed by atoms with Crippen molar-refractivity contribution in [3.8, 4) is 0 Å². The van der Waals surface area contributed by atoms with E-state index in [2.05, 4.69) is 11.9 Å². The molecule has 0 amide bonds. The van der Waals surface area contributed by atoms with Gasteiger partial charge in [0, 0.05) is 18.6 Å². The molecular formula is C28H32N2O4. The Hall–Kier alpha value is -2.83. The second kappa shape index (κ2) is 9.43. The van der Waals surface area contributed by atoms with Crippen LogP contribution in [0.3, 0.4) is 0 Å². The van der Waals surface area contributed by atoms with E-state index in [1.807, 2.05) is 37.3 Å². The fourth-order valence-electron chi connectivity index (χ4n) is 4.98. The van der Waals surface area contributed by atoms with Crippen LogP contribution in [-0.4, -0.2) is 39.8 Å². The molecule has 1 saturated heterocycles. The number of nitrogens with zero attached hydrogens (tertiary/aromatic N) is 2. The lowest BCUT2D eigenvalue weighted by atomic mass is 9.94. The van der Waals surface area contributed by atoms with Gasteiger partial charge in [0.2, 0.25) is 0 Å². The molecule has 1 aromatic heterocycles. The van der Waals surface area contributed by atoms with Crippen LogP contribution in [0, 0.1) is 19.8 Å². The summed E-state index contributed by atoms with van der Waals surface area (Å²) in [5.74, 6) is 0.981. The Morgan fingerprint density at radius 2 is 1.91 bits per heavy atom. The van der Waals surface area contributed by atoms with E-state index in [1.165, 1.54) is 12.8 Å². The minimum Gasteiger partial charge on any atom is -0.389 e. The van der Waals surface area contributed by atoms with Crippen molar-refractivity contribution in [2.24, 2.45) is 5.92 Å². The molecular weight excluding hydrogens is 428 g/mol. The molecule has 2 heterocycles. The maximum absolute atomic E-state index is 13.4. The highest BCUT2D eigenvalue weighted by molar-refractivity contribution is 5.96. The van der Waals surface area contributed by atoms with Crippen molar-refractivity contribution in [1.82, 2.24) is 9.55 Å². The molecule has 2 fully saturated rings. The minimum absolute atomic E-state index is 0.128. The van der Waals surface area contributed by atoms with Crippen LogP contribution in [0.1, 0.15) is 70.8 Å². The number of aryl methyl sites for hydroxylation is 1. The quantitative estimate of drug-likeness (QED) is 0.532. The summed E-state index contributed by atoms with van der Waals surface area (Å²) in [6.45, 7) is 4.81. The van der Waals surface area contributed by atoms with Gasteiger partial charge in [-0.15, -0.1) is 0 Å². The number of carbonyl (C=O) groups excluding carboxylic acids is 1. The fraction of sp³-hybridized carbons (Fsp3) is 0.464. The third-order valence-corrected chi connectivity index (χ3v) is 7.54. The third-order valence-electron chi connectivity index (χ3n) is 7.54. The average Bonchev–Trinajstić information content (AvgIpc) is 3.67. The van der Waals surface area contributed by atoms with Gasteiger partial charge in [0.25, 0.3) is 5.56 Å². The molecule has 0 unspecified atom stereocenters. The predicted octanol–water partition coefficient (Wildman–Crippen LogP) is 4.30. The normalized spacial score (nSPS) is 20.6. The predicted molar refractivity (Wildman–Crippen MR) is 131 cm³/mol. The van der Waals surface area contributed by atoms with E-state index < -0.39 is 6.10 Å². The van der Waals surface area contributed by atoms with Crippen molar-refractivity contribution in [2.45, 2.75) is 64.5 Å². The average molecular weight is 461 g/mol. The number of hydrogen-bond donors (Lipinski definition) is 1. The van der Waals surface area contributed by atoms with E-state index >= 15 is 0 Å². The molecule has 1 N–H and O–H groups in total. The Bertz CT molecular complexity index is 1270. The summed E-state index contributed by atoms with van der Waals surface area (Å²) < 4.78 is 6.89. The molecule has 0 spiro atoms.